The van der Waals surface area contributed by atoms with E-state index in [9.17, 15) is 33.6 Å². The number of amides is 9. The summed E-state index contributed by atoms with van der Waals surface area (Å²) in [6.45, 7) is 3.29. The van der Waals surface area contributed by atoms with Crippen LogP contribution in [0.2, 0.25) is 0 Å². The molecule has 13 N–H and O–H groups in total. The summed E-state index contributed by atoms with van der Waals surface area (Å²) in [5.74, 6) is -6.63. The number of fused-ring (bicyclic) bond motifs is 1. The fraction of sp³-hybridized carbons (Fsp3) is 0.491. The van der Waals surface area contributed by atoms with E-state index in [-0.39, 0.29) is 76.8 Å². The van der Waals surface area contributed by atoms with Crippen LogP contribution in [0.1, 0.15) is 88.5 Å². The topological polar surface area (TPSA) is 358 Å². The number of imidazole rings is 1. The minimum atomic E-state index is -1.56. The second kappa shape index (κ2) is 29.1. The molecule has 0 bridgehead atoms. The Hall–Kier alpha value is -8.31. The van der Waals surface area contributed by atoms with Crippen molar-refractivity contribution in [2.24, 2.45) is 22.2 Å². The van der Waals surface area contributed by atoms with E-state index < -0.39 is 102 Å². The molecule has 0 saturated carbocycles. The van der Waals surface area contributed by atoms with E-state index in [1.807, 2.05) is 31.2 Å². The average Bonchev–Trinajstić information content (AvgIpc) is 4.09. The lowest BCUT2D eigenvalue weighted by atomic mass is 9.99. The first kappa shape index (κ1) is 59.6. The summed E-state index contributed by atoms with van der Waals surface area (Å²) in [5, 5.41) is 14.6. The van der Waals surface area contributed by atoms with Crippen LogP contribution in [0.3, 0.4) is 0 Å². The number of H-pyrrole nitrogens is 2. The van der Waals surface area contributed by atoms with Gasteiger partial charge in [-0.2, -0.15) is 0 Å². The molecule has 2 aromatic heterocycles. The molecule has 0 spiro atoms. The Morgan fingerprint density at radius 2 is 1.49 bits per heavy atom. The number of benzene rings is 2. The maximum atomic E-state index is 15.3. The molecule has 1 saturated heterocycles. The lowest BCUT2D eigenvalue weighted by molar-refractivity contribution is -0.149. The number of carbonyl (C=O) groups is 9. The number of hydrogen-bond donors (Lipinski definition) is 10. The van der Waals surface area contributed by atoms with Crippen molar-refractivity contribution in [3.63, 3.8) is 0 Å². The number of likely N-dealkylation sites (N-methyl/N-ethyl adjacent to an activating group) is 3. The van der Waals surface area contributed by atoms with Crippen molar-refractivity contribution in [1.82, 2.24) is 56.2 Å². The predicted octanol–water partition coefficient (Wildman–Crippen LogP) is -0.222. The zero-order valence-electron chi connectivity index (χ0n) is 44.5. The van der Waals surface area contributed by atoms with Crippen molar-refractivity contribution in [3.05, 3.63) is 90.1 Å². The molecule has 24 heteroatoms. The van der Waals surface area contributed by atoms with Gasteiger partial charge in [-0.05, 0) is 55.7 Å². The molecule has 0 aliphatic carbocycles. The largest absolute Gasteiger partial charge is 0.370 e. The van der Waals surface area contributed by atoms with Gasteiger partial charge in [0.1, 0.15) is 42.3 Å². The fourth-order valence-electron chi connectivity index (χ4n) is 9.33. The van der Waals surface area contributed by atoms with Crippen molar-refractivity contribution < 1.29 is 43.2 Å². The third-order valence-corrected chi connectivity index (χ3v) is 13.7. The Kier molecular flexibility index (Phi) is 22.5. The first-order valence-corrected chi connectivity index (χ1v) is 25.9. The third-order valence-electron chi connectivity index (χ3n) is 13.7. The minimum absolute atomic E-state index is 0.0430. The zero-order valence-corrected chi connectivity index (χ0v) is 44.5. The van der Waals surface area contributed by atoms with E-state index in [1.54, 1.807) is 36.5 Å². The summed E-state index contributed by atoms with van der Waals surface area (Å²) in [6.07, 6.45) is 5.97. The zero-order chi connectivity index (χ0) is 56.2. The molecular formula is C53H75N15O9. The van der Waals surface area contributed by atoms with Gasteiger partial charge in [-0.15, -0.1) is 0 Å². The molecule has 1 fully saturated rings. The van der Waals surface area contributed by atoms with E-state index in [0.717, 1.165) is 15.8 Å². The average molecular weight is 1070 g/mol. The van der Waals surface area contributed by atoms with E-state index in [0.29, 0.717) is 29.7 Å². The highest BCUT2D eigenvalue weighted by molar-refractivity contribution is 5.99. The van der Waals surface area contributed by atoms with E-state index >= 15 is 9.59 Å². The Labute approximate surface area is 447 Å². The smallest absolute Gasteiger partial charge is 0.246 e. The van der Waals surface area contributed by atoms with E-state index in [4.69, 9.17) is 17.2 Å². The van der Waals surface area contributed by atoms with Gasteiger partial charge in [0.25, 0.3) is 0 Å². The summed E-state index contributed by atoms with van der Waals surface area (Å²) >= 11 is 0. The van der Waals surface area contributed by atoms with E-state index in [1.165, 1.54) is 50.4 Å². The van der Waals surface area contributed by atoms with Crippen LogP contribution in [-0.4, -0.2) is 165 Å². The molecule has 77 heavy (non-hydrogen) atoms. The van der Waals surface area contributed by atoms with Crippen LogP contribution >= 0.6 is 0 Å². The first-order chi connectivity index (χ1) is 36.8. The quantitative estimate of drug-likeness (QED) is 0.0373. The standard InChI is InChI=1S/C53H75N15O9/c1-6-7-19-38(62-32(2)69)47(72)65-41-28-45(70)58-23-14-13-22-42(46(54)71)66(3)50(75)40(26-34-29-60-37-20-12-11-18-36(34)37)64-48(73)39(21-15-24-59-53(55)56)63-49(74)43(25-33-16-9-8-10-17-33)67(4)52(77)44(68(5)51(41)76)27-35-30-57-31-61-35/h8-12,16-18,20,29-31,38-44,60H,6-7,13-15,19,21-28H2,1-5H3,(H2,54,71)(H,57,61)(H,58,70)(H,62,69)(H,63,74)(H,64,73)(H,65,72)(H4,55,56,59)/t38-,39-,40-,41-,42-,43+,44-/m0/s1. The Bertz CT molecular complexity index is 2690. The summed E-state index contributed by atoms with van der Waals surface area (Å²) < 4.78 is 0. The van der Waals surface area contributed by atoms with Gasteiger partial charge < -0.3 is 68.5 Å². The van der Waals surface area contributed by atoms with Crippen LogP contribution in [0.25, 0.3) is 10.9 Å². The van der Waals surface area contributed by atoms with Crippen LogP contribution in [0, 0.1) is 0 Å². The maximum absolute atomic E-state index is 15.3. The second-order valence-corrected chi connectivity index (χ2v) is 19.4. The lowest BCUT2D eigenvalue weighted by Crippen LogP contribution is -2.61. The number of aromatic nitrogens is 3. The number of primary amides is 1. The first-order valence-electron chi connectivity index (χ1n) is 25.9. The van der Waals surface area contributed by atoms with Crippen molar-refractivity contribution >= 4 is 70.0 Å². The van der Waals surface area contributed by atoms with Gasteiger partial charge in [0.05, 0.1) is 12.7 Å². The van der Waals surface area contributed by atoms with Crippen LogP contribution in [0.5, 0.6) is 0 Å². The fourth-order valence-corrected chi connectivity index (χ4v) is 9.33. The van der Waals surface area contributed by atoms with Gasteiger partial charge in [-0.25, -0.2) is 4.98 Å². The number of hydrogen-bond acceptors (Lipinski definition) is 11. The molecule has 0 unspecified atom stereocenters. The number of aliphatic imine (C=N–C) groups is 1. The van der Waals surface area contributed by atoms with Crippen molar-refractivity contribution in [2.45, 2.75) is 133 Å². The SMILES string of the molecule is CCCC[C@H](NC(C)=O)C(=O)N[C@H]1CC(=O)NCCCC[C@@H](C(N)=O)N(C)C(=O)[C@H](Cc2c[nH]c3ccccc23)NC(=O)[C@H](CCCN=C(N)N)NC(=O)[C@@H](Cc2ccccc2)N(C)C(=O)[C@H](Cc2cnc[nH]2)N(C)C1=O. The van der Waals surface area contributed by atoms with Gasteiger partial charge in [0.15, 0.2) is 5.96 Å². The van der Waals surface area contributed by atoms with Gasteiger partial charge in [-0.1, -0.05) is 68.3 Å². The molecular weight excluding hydrogens is 991 g/mol. The monoisotopic (exact) mass is 1070 g/mol. The Morgan fingerprint density at radius 1 is 0.792 bits per heavy atom. The van der Waals surface area contributed by atoms with Gasteiger partial charge in [0, 0.05) is 89.4 Å². The molecule has 2 aromatic carbocycles. The molecule has 3 heterocycles. The number of guanidine groups is 1. The van der Waals surface area contributed by atoms with Crippen LogP contribution in [0.4, 0.5) is 0 Å². The van der Waals surface area contributed by atoms with Gasteiger partial charge >= 0.3 is 0 Å². The molecule has 1 aliphatic rings. The predicted molar refractivity (Wildman–Crippen MR) is 288 cm³/mol. The van der Waals surface area contributed by atoms with E-state index in [2.05, 4.69) is 46.5 Å². The molecule has 24 nitrogen and oxygen atoms in total. The third kappa shape index (κ3) is 17.4. The number of nitrogens with zero attached hydrogens (tertiary/aromatic N) is 5. The van der Waals surface area contributed by atoms with Gasteiger partial charge in [-0.3, -0.25) is 48.1 Å². The number of para-hydroxylation sites is 1. The number of nitrogens with one attached hydrogen (secondary N) is 7. The highest BCUT2D eigenvalue weighted by atomic mass is 16.2. The Balaban J connectivity index is 1.62. The normalized spacial score (nSPS) is 21.4. The number of rotatable bonds is 17. The number of carbonyl (C=O) groups excluding carboxylic acids is 9. The van der Waals surface area contributed by atoms with Crippen molar-refractivity contribution in [3.8, 4) is 0 Å². The molecule has 7 atom stereocenters. The molecule has 0 radical (unpaired) electrons. The van der Waals surface area contributed by atoms with Crippen molar-refractivity contribution in [1.29, 1.82) is 0 Å². The Morgan fingerprint density at radius 3 is 2.17 bits per heavy atom. The summed E-state index contributed by atoms with van der Waals surface area (Å²) in [6, 6.07) is 7.05. The summed E-state index contributed by atoms with van der Waals surface area (Å²) in [5.41, 5.74) is 19.7. The maximum Gasteiger partial charge on any atom is 0.246 e. The summed E-state index contributed by atoms with van der Waals surface area (Å²) in [4.78, 5) is 146. The molecule has 5 rings (SSSR count). The molecule has 1 aliphatic heterocycles. The molecule has 416 valence electrons. The molecule has 4 aromatic rings. The lowest BCUT2D eigenvalue weighted by Gasteiger charge is -2.36. The molecule has 9 amide bonds. The highest BCUT2D eigenvalue weighted by Crippen LogP contribution is 2.22. The minimum Gasteiger partial charge on any atom is -0.370 e. The summed E-state index contributed by atoms with van der Waals surface area (Å²) in [7, 11) is 4.15. The van der Waals surface area contributed by atoms with Crippen molar-refractivity contribution in [2.75, 3.05) is 34.2 Å². The van der Waals surface area contributed by atoms with Crippen LogP contribution in [0.15, 0.2) is 78.3 Å². The second-order valence-electron chi connectivity index (χ2n) is 19.4. The number of unbranched alkanes of at least 4 members (excludes halogenated alkanes) is 1. The number of aromatic amines is 2. The number of nitrogens with two attached hydrogens (primary N) is 3. The van der Waals surface area contributed by atoms with Crippen LogP contribution in [-0.2, 0) is 62.4 Å². The van der Waals surface area contributed by atoms with Crippen LogP contribution < -0.4 is 43.8 Å². The van der Waals surface area contributed by atoms with Gasteiger partial charge in [0.2, 0.25) is 53.2 Å². The highest BCUT2D eigenvalue weighted by Gasteiger charge is 2.40.